The third kappa shape index (κ3) is 2.94. The van der Waals surface area contributed by atoms with E-state index in [0.717, 1.165) is 24.5 Å². The van der Waals surface area contributed by atoms with Gasteiger partial charge < -0.3 is 10.3 Å². The van der Waals surface area contributed by atoms with E-state index in [-0.39, 0.29) is 5.82 Å². The Morgan fingerprint density at radius 2 is 1.96 bits per heavy atom. The van der Waals surface area contributed by atoms with Gasteiger partial charge in [-0.25, -0.2) is 9.37 Å². The van der Waals surface area contributed by atoms with Crippen LogP contribution in [0.1, 0.15) is 48.6 Å². The van der Waals surface area contributed by atoms with Crippen LogP contribution in [-0.2, 0) is 24.8 Å². The lowest BCUT2D eigenvalue weighted by Gasteiger charge is -2.32. The highest BCUT2D eigenvalue weighted by molar-refractivity contribution is 5.81. The van der Waals surface area contributed by atoms with Gasteiger partial charge in [0.05, 0.1) is 5.69 Å². The zero-order valence-corrected chi connectivity index (χ0v) is 14.3. The Balaban J connectivity index is 1.91. The van der Waals surface area contributed by atoms with Crippen molar-refractivity contribution in [2.24, 2.45) is 12.8 Å². The molecule has 1 aliphatic heterocycles. The van der Waals surface area contributed by atoms with Crippen LogP contribution < -0.4 is 5.73 Å². The number of primary amides is 1. The molecule has 1 atom stereocenters. The fourth-order valence-corrected chi connectivity index (χ4v) is 3.51. The summed E-state index contributed by atoms with van der Waals surface area (Å²) in [4.78, 5) is 18.8. The molecule has 3 rings (SSSR count). The van der Waals surface area contributed by atoms with Crippen LogP contribution in [0.25, 0.3) is 0 Å². The van der Waals surface area contributed by atoms with Gasteiger partial charge in [-0.1, -0.05) is 26.0 Å². The largest absolute Gasteiger partial charge is 0.368 e. The summed E-state index contributed by atoms with van der Waals surface area (Å²) in [6.45, 7) is 5.53. The molecule has 1 amide bonds. The molecule has 0 saturated heterocycles. The molecule has 1 aromatic carbocycles. The van der Waals surface area contributed by atoms with Crippen LogP contribution in [0.4, 0.5) is 4.39 Å². The molecule has 24 heavy (non-hydrogen) atoms. The first-order chi connectivity index (χ1) is 11.4. The van der Waals surface area contributed by atoms with Crippen molar-refractivity contribution in [1.82, 2.24) is 14.5 Å². The highest BCUT2D eigenvalue weighted by Gasteiger charge is 2.31. The maximum atomic E-state index is 13.2. The molecule has 1 aliphatic rings. The Bertz CT molecular complexity index is 751. The molecule has 0 aliphatic carbocycles. The average Bonchev–Trinajstić information content (AvgIpc) is 2.86. The number of aromatic nitrogens is 2. The lowest BCUT2D eigenvalue weighted by atomic mass is 10.0. The lowest BCUT2D eigenvalue weighted by molar-refractivity contribution is -0.123. The van der Waals surface area contributed by atoms with Crippen molar-refractivity contribution in [3.8, 4) is 0 Å². The predicted molar refractivity (Wildman–Crippen MR) is 89.7 cm³/mol. The smallest absolute Gasteiger partial charge is 0.239 e. The molecular weight excluding hydrogens is 307 g/mol. The standard InChI is InChI=1S/C18H23FN4O/c1-11(2)18-21-14-10-23(9-8-15(14)22(18)3)16(17(20)24)12-4-6-13(19)7-5-12/h4-7,11,16H,8-10H2,1-3H3,(H2,20,24). The monoisotopic (exact) mass is 330 g/mol. The normalized spacial score (nSPS) is 16.2. The molecule has 0 bridgehead atoms. The first kappa shape index (κ1) is 16.6. The van der Waals surface area contributed by atoms with Gasteiger partial charge in [-0.2, -0.15) is 0 Å². The van der Waals surface area contributed by atoms with Crippen molar-refractivity contribution in [1.29, 1.82) is 0 Å². The summed E-state index contributed by atoms with van der Waals surface area (Å²) in [5.41, 5.74) is 8.58. The van der Waals surface area contributed by atoms with Crippen molar-refractivity contribution < 1.29 is 9.18 Å². The molecule has 1 aromatic heterocycles. The summed E-state index contributed by atoms with van der Waals surface area (Å²) in [6.07, 6.45) is 0.816. The zero-order valence-electron chi connectivity index (χ0n) is 14.3. The molecule has 0 saturated carbocycles. The van der Waals surface area contributed by atoms with Crippen LogP contribution in [0, 0.1) is 5.82 Å². The summed E-state index contributed by atoms with van der Waals surface area (Å²) in [5.74, 6) is 0.650. The van der Waals surface area contributed by atoms with E-state index < -0.39 is 11.9 Å². The van der Waals surface area contributed by atoms with Crippen LogP contribution in [-0.4, -0.2) is 26.9 Å². The maximum Gasteiger partial charge on any atom is 0.239 e. The van der Waals surface area contributed by atoms with Crippen molar-refractivity contribution in [2.75, 3.05) is 6.54 Å². The van der Waals surface area contributed by atoms with Crippen LogP contribution in [0.3, 0.4) is 0 Å². The summed E-state index contributed by atoms with van der Waals surface area (Å²) >= 11 is 0. The minimum atomic E-state index is -0.566. The van der Waals surface area contributed by atoms with Crippen molar-refractivity contribution in [3.63, 3.8) is 0 Å². The molecule has 6 heteroatoms. The highest BCUT2D eigenvalue weighted by atomic mass is 19.1. The number of carbonyl (C=O) groups is 1. The Labute approximate surface area is 141 Å². The predicted octanol–water partition coefficient (Wildman–Crippen LogP) is 2.27. The number of benzene rings is 1. The summed E-state index contributed by atoms with van der Waals surface area (Å²) < 4.78 is 15.3. The number of hydrogen-bond acceptors (Lipinski definition) is 3. The average molecular weight is 330 g/mol. The maximum absolute atomic E-state index is 13.2. The number of rotatable bonds is 4. The van der Waals surface area contributed by atoms with Gasteiger partial charge >= 0.3 is 0 Å². The fraction of sp³-hybridized carbons (Fsp3) is 0.444. The SMILES string of the molecule is CC(C)c1nc2c(n1C)CCN(C(C(N)=O)c1ccc(F)cc1)C2. The number of halogens is 1. The molecule has 2 N–H and O–H groups in total. The lowest BCUT2D eigenvalue weighted by Crippen LogP contribution is -2.41. The Kier molecular flexibility index (Phi) is 4.41. The molecule has 0 radical (unpaired) electrons. The van der Waals surface area contributed by atoms with E-state index >= 15 is 0 Å². The summed E-state index contributed by atoms with van der Waals surface area (Å²) in [7, 11) is 2.04. The van der Waals surface area contributed by atoms with E-state index in [2.05, 4.69) is 18.4 Å². The topological polar surface area (TPSA) is 64.2 Å². The second-order valence-electron chi connectivity index (χ2n) is 6.65. The van der Waals surface area contributed by atoms with Gasteiger partial charge in [0.15, 0.2) is 0 Å². The zero-order chi connectivity index (χ0) is 17.4. The molecule has 2 aromatic rings. The number of amides is 1. The minimum absolute atomic E-state index is 0.325. The van der Waals surface area contributed by atoms with E-state index in [1.54, 1.807) is 12.1 Å². The molecule has 0 spiro atoms. The van der Waals surface area contributed by atoms with Gasteiger partial charge in [0.1, 0.15) is 17.7 Å². The van der Waals surface area contributed by atoms with Crippen molar-refractivity contribution in [3.05, 3.63) is 52.9 Å². The molecule has 128 valence electrons. The highest BCUT2D eigenvalue weighted by Crippen LogP contribution is 2.29. The number of carbonyl (C=O) groups excluding carboxylic acids is 1. The van der Waals surface area contributed by atoms with E-state index in [0.29, 0.717) is 18.0 Å². The summed E-state index contributed by atoms with van der Waals surface area (Å²) in [6, 6.07) is 5.40. The van der Waals surface area contributed by atoms with Crippen LogP contribution in [0.2, 0.25) is 0 Å². The fourth-order valence-electron chi connectivity index (χ4n) is 3.51. The van der Waals surface area contributed by atoms with Crippen molar-refractivity contribution in [2.45, 2.75) is 38.8 Å². The number of nitrogens with two attached hydrogens (primary N) is 1. The van der Waals surface area contributed by atoms with E-state index in [9.17, 15) is 9.18 Å². The van der Waals surface area contributed by atoms with Gasteiger partial charge in [-0.15, -0.1) is 0 Å². The van der Waals surface area contributed by atoms with Crippen LogP contribution in [0.5, 0.6) is 0 Å². The van der Waals surface area contributed by atoms with Crippen molar-refractivity contribution >= 4 is 5.91 Å². The van der Waals surface area contributed by atoms with Crippen LogP contribution in [0.15, 0.2) is 24.3 Å². The molecule has 2 heterocycles. The van der Waals surface area contributed by atoms with E-state index in [4.69, 9.17) is 10.7 Å². The van der Waals surface area contributed by atoms with Crippen LogP contribution >= 0.6 is 0 Å². The first-order valence-corrected chi connectivity index (χ1v) is 8.21. The van der Waals surface area contributed by atoms with Gasteiger partial charge in [0, 0.05) is 38.2 Å². The Hall–Kier alpha value is -2.21. The number of imidazole rings is 1. The summed E-state index contributed by atoms with van der Waals surface area (Å²) in [5, 5.41) is 0. The second kappa shape index (κ2) is 6.36. The first-order valence-electron chi connectivity index (χ1n) is 8.21. The van der Waals surface area contributed by atoms with E-state index in [1.807, 2.05) is 11.9 Å². The van der Waals surface area contributed by atoms with Gasteiger partial charge in [-0.05, 0) is 17.7 Å². The molecular formula is C18H23FN4O. The Morgan fingerprint density at radius 3 is 2.54 bits per heavy atom. The van der Waals surface area contributed by atoms with Gasteiger partial charge in [0.25, 0.3) is 0 Å². The van der Waals surface area contributed by atoms with E-state index in [1.165, 1.54) is 17.8 Å². The van der Waals surface area contributed by atoms with Gasteiger partial charge in [-0.3, -0.25) is 9.69 Å². The molecule has 1 unspecified atom stereocenters. The minimum Gasteiger partial charge on any atom is -0.368 e. The Morgan fingerprint density at radius 1 is 1.29 bits per heavy atom. The number of fused-ring (bicyclic) bond motifs is 1. The number of nitrogens with zero attached hydrogens (tertiary/aromatic N) is 3. The molecule has 5 nitrogen and oxygen atoms in total. The third-order valence-electron chi connectivity index (χ3n) is 4.66. The van der Waals surface area contributed by atoms with Gasteiger partial charge in [0.2, 0.25) is 5.91 Å². The quantitative estimate of drug-likeness (QED) is 0.935. The number of hydrogen-bond donors (Lipinski definition) is 1. The molecule has 0 fully saturated rings. The third-order valence-corrected chi connectivity index (χ3v) is 4.66. The second-order valence-corrected chi connectivity index (χ2v) is 6.65.